The number of rotatable bonds is 0. The van der Waals surface area contributed by atoms with Gasteiger partial charge in [0.1, 0.15) is 11.2 Å². The molecule has 0 spiro atoms. The topological polar surface area (TPSA) is 13.1 Å². The molecule has 0 unspecified atom stereocenters. The Hall–Kier alpha value is -2.55. The van der Waals surface area contributed by atoms with Crippen LogP contribution in [-0.4, -0.2) is 0 Å². The Balaban J connectivity index is 1.94. The van der Waals surface area contributed by atoms with Gasteiger partial charge in [0.25, 0.3) is 0 Å². The molecule has 0 aliphatic carbocycles. The summed E-state index contributed by atoms with van der Waals surface area (Å²) in [5, 5.41) is 7.79. The maximum Gasteiger partial charge on any atom is 0.144 e. The molecule has 0 bridgehead atoms. The van der Waals surface area contributed by atoms with E-state index in [4.69, 9.17) is 16.0 Å². The first-order chi connectivity index (χ1) is 12.3. The van der Waals surface area contributed by atoms with Crippen molar-refractivity contribution in [3.63, 3.8) is 0 Å². The average molecular weight is 359 g/mol. The van der Waals surface area contributed by atoms with Crippen LogP contribution >= 0.6 is 22.9 Å². The van der Waals surface area contributed by atoms with Gasteiger partial charge in [-0.05, 0) is 41.1 Å². The molecule has 0 radical (unpaired) electrons. The summed E-state index contributed by atoms with van der Waals surface area (Å²) in [5.74, 6) is 0. The maximum absolute atomic E-state index is 6.54. The van der Waals surface area contributed by atoms with Gasteiger partial charge in [-0.1, -0.05) is 48.0 Å². The van der Waals surface area contributed by atoms with E-state index in [0.717, 1.165) is 32.3 Å². The SMILES string of the molecule is Clc1cccc2sc3ccc4c(oc5ccc6ccccc6c54)c3c12. The number of benzene rings is 4. The van der Waals surface area contributed by atoms with Gasteiger partial charge in [0, 0.05) is 30.9 Å². The summed E-state index contributed by atoms with van der Waals surface area (Å²) < 4.78 is 8.75. The predicted octanol–water partition coefficient (Wildman–Crippen LogP) is 7.76. The van der Waals surface area contributed by atoms with Crippen molar-refractivity contribution in [2.45, 2.75) is 0 Å². The summed E-state index contributed by atoms with van der Waals surface area (Å²) in [6.07, 6.45) is 0. The maximum atomic E-state index is 6.54. The first-order valence-electron chi connectivity index (χ1n) is 8.15. The van der Waals surface area contributed by atoms with Gasteiger partial charge in [0.05, 0.1) is 5.02 Å². The number of hydrogen-bond acceptors (Lipinski definition) is 2. The van der Waals surface area contributed by atoms with Crippen LogP contribution in [0.1, 0.15) is 0 Å². The quantitative estimate of drug-likeness (QED) is 0.270. The van der Waals surface area contributed by atoms with Gasteiger partial charge in [-0.25, -0.2) is 0 Å². The molecule has 2 aromatic heterocycles. The Labute approximate surface area is 152 Å². The molecule has 6 aromatic rings. The fraction of sp³-hybridized carbons (Fsp3) is 0. The third-order valence-corrected chi connectivity index (χ3v) is 6.37. The molecule has 0 saturated heterocycles. The van der Waals surface area contributed by atoms with Crippen LogP contribution in [0.3, 0.4) is 0 Å². The molecule has 6 rings (SSSR count). The van der Waals surface area contributed by atoms with Crippen LogP contribution in [0.5, 0.6) is 0 Å². The zero-order valence-electron chi connectivity index (χ0n) is 13.0. The molecule has 0 amide bonds. The van der Waals surface area contributed by atoms with Gasteiger partial charge in [0.2, 0.25) is 0 Å². The molecule has 1 nitrogen and oxygen atoms in total. The van der Waals surface area contributed by atoms with Crippen molar-refractivity contribution in [2.75, 3.05) is 0 Å². The fourth-order valence-corrected chi connectivity index (χ4v) is 5.32. The van der Waals surface area contributed by atoms with Crippen LogP contribution in [0.25, 0.3) is 52.9 Å². The van der Waals surface area contributed by atoms with Crippen molar-refractivity contribution in [1.29, 1.82) is 0 Å². The molecule has 0 saturated carbocycles. The van der Waals surface area contributed by atoms with E-state index in [1.807, 2.05) is 12.1 Å². The molecule has 0 aliphatic rings. The molecule has 2 heterocycles. The molecule has 0 aliphatic heterocycles. The molecule has 4 aromatic carbocycles. The third kappa shape index (κ3) is 1.73. The highest BCUT2D eigenvalue weighted by Gasteiger charge is 2.17. The minimum Gasteiger partial charge on any atom is -0.455 e. The van der Waals surface area contributed by atoms with E-state index in [9.17, 15) is 0 Å². The van der Waals surface area contributed by atoms with E-state index in [1.165, 1.54) is 25.6 Å². The Morgan fingerprint density at radius 1 is 0.680 bits per heavy atom. The van der Waals surface area contributed by atoms with Gasteiger partial charge in [0.15, 0.2) is 0 Å². The summed E-state index contributed by atoms with van der Waals surface area (Å²) in [7, 11) is 0. The number of thiophene rings is 1. The summed E-state index contributed by atoms with van der Waals surface area (Å²) in [4.78, 5) is 0. The Morgan fingerprint density at radius 2 is 1.56 bits per heavy atom. The van der Waals surface area contributed by atoms with Crippen LogP contribution < -0.4 is 0 Å². The Morgan fingerprint density at radius 3 is 2.52 bits per heavy atom. The smallest absolute Gasteiger partial charge is 0.144 e. The molecule has 0 N–H and O–H groups in total. The van der Waals surface area contributed by atoms with Crippen LogP contribution in [0.4, 0.5) is 0 Å². The lowest BCUT2D eigenvalue weighted by atomic mass is 10.0. The second-order valence-corrected chi connectivity index (χ2v) is 7.78. The van der Waals surface area contributed by atoms with Gasteiger partial charge in [-0.2, -0.15) is 0 Å². The second-order valence-electron chi connectivity index (χ2n) is 6.29. The van der Waals surface area contributed by atoms with Crippen molar-refractivity contribution in [2.24, 2.45) is 0 Å². The van der Waals surface area contributed by atoms with Crippen molar-refractivity contribution >= 4 is 75.8 Å². The monoisotopic (exact) mass is 358 g/mol. The largest absolute Gasteiger partial charge is 0.455 e. The number of furan rings is 1. The lowest BCUT2D eigenvalue weighted by Crippen LogP contribution is -1.74. The lowest BCUT2D eigenvalue weighted by Gasteiger charge is -1.98. The van der Waals surface area contributed by atoms with Gasteiger partial charge < -0.3 is 4.42 Å². The standard InChI is InChI=1S/C22H11ClOS/c23-15-6-3-7-17-20(15)21-18(25-17)11-9-14-19-13-5-2-1-4-12(13)8-10-16(19)24-22(14)21/h1-11H. The first-order valence-corrected chi connectivity index (χ1v) is 9.34. The molecular weight excluding hydrogens is 348 g/mol. The van der Waals surface area contributed by atoms with E-state index in [1.54, 1.807) is 11.3 Å². The zero-order valence-corrected chi connectivity index (χ0v) is 14.6. The van der Waals surface area contributed by atoms with Gasteiger partial charge in [-0.3, -0.25) is 0 Å². The number of halogens is 1. The van der Waals surface area contributed by atoms with Crippen molar-refractivity contribution in [1.82, 2.24) is 0 Å². The molecule has 25 heavy (non-hydrogen) atoms. The highest BCUT2D eigenvalue weighted by atomic mass is 35.5. The Kier molecular flexibility index (Phi) is 2.61. The minimum atomic E-state index is 0.779. The van der Waals surface area contributed by atoms with Crippen LogP contribution in [-0.2, 0) is 0 Å². The predicted molar refractivity (Wildman–Crippen MR) is 109 cm³/mol. The van der Waals surface area contributed by atoms with Crippen LogP contribution in [0.15, 0.2) is 71.1 Å². The number of fused-ring (bicyclic) bond motifs is 9. The van der Waals surface area contributed by atoms with Crippen molar-refractivity contribution in [3.05, 3.63) is 71.8 Å². The zero-order chi connectivity index (χ0) is 16.5. The van der Waals surface area contributed by atoms with Crippen LogP contribution in [0, 0.1) is 0 Å². The van der Waals surface area contributed by atoms with E-state index in [2.05, 4.69) is 54.6 Å². The highest BCUT2D eigenvalue weighted by Crippen LogP contribution is 2.45. The molecule has 0 atom stereocenters. The van der Waals surface area contributed by atoms with Crippen LogP contribution in [0.2, 0.25) is 5.02 Å². The van der Waals surface area contributed by atoms with Crippen molar-refractivity contribution in [3.8, 4) is 0 Å². The Bertz CT molecular complexity index is 1460. The minimum absolute atomic E-state index is 0.779. The van der Waals surface area contributed by atoms with Crippen molar-refractivity contribution < 1.29 is 4.42 Å². The normalized spacial score (nSPS) is 12.2. The lowest BCUT2D eigenvalue weighted by molar-refractivity contribution is 0.673. The molecule has 0 fully saturated rings. The van der Waals surface area contributed by atoms with Gasteiger partial charge in [-0.15, -0.1) is 11.3 Å². The van der Waals surface area contributed by atoms with E-state index >= 15 is 0 Å². The van der Waals surface area contributed by atoms with E-state index < -0.39 is 0 Å². The summed E-state index contributed by atoms with van der Waals surface area (Å²) in [6.45, 7) is 0. The third-order valence-electron chi connectivity index (χ3n) is 4.94. The number of hydrogen-bond donors (Lipinski definition) is 0. The first kappa shape index (κ1) is 13.7. The average Bonchev–Trinajstić information content (AvgIpc) is 3.20. The van der Waals surface area contributed by atoms with Gasteiger partial charge >= 0.3 is 0 Å². The molecular formula is C22H11ClOS. The summed E-state index contributed by atoms with van der Waals surface area (Å²) in [5.41, 5.74) is 1.86. The highest BCUT2D eigenvalue weighted by molar-refractivity contribution is 7.26. The van der Waals surface area contributed by atoms with E-state index in [0.29, 0.717) is 0 Å². The summed E-state index contributed by atoms with van der Waals surface area (Å²) >= 11 is 8.30. The molecule has 3 heteroatoms. The second kappa shape index (κ2) is 4.75. The molecule has 118 valence electrons. The summed E-state index contributed by atoms with van der Waals surface area (Å²) in [6, 6.07) is 23.1. The fourth-order valence-electron chi connectivity index (χ4n) is 3.86. The van der Waals surface area contributed by atoms with E-state index in [-0.39, 0.29) is 0 Å².